The van der Waals surface area contributed by atoms with Crippen molar-refractivity contribution in [3.05, 3.63) is 93.0 Å². The number of hydrogen-bond acceptors (Lipinski definition) is 9. The number of ketones is 1. The Labute approximate surface area is 303 Å². The fraction of sp³-hybridized carbons (Fsp3) is 0.395. The number of unbranched alkanes of at least 4 members (excludes halogenated alkanes) is 3. The Morgan fingerprint density at radius 2 is 1.63 bits per heavy atom. The molecule has 0 spiro atoms. The first kappa shape index (κ1) is 39.0. The van der Waals surface area contributed by atoms with E-state index in [1.807, 2.05) is 51.1 Å². The number of H-pyrrole nitrogens is 1. The Morgan fingerprint density at radius 1 is 0.904 bits per heavy atom. The van der Waals surface area contributed by atoms with E-state index in [2.05, 4.69) is 36.1 Å². The van der Waals surface area contributed by atoms with Crippen molar-refractivity contribution in [2.75, 3.05) is 43.0 Å². The molecule has 1 aliphatic rings. The molecule has 4 rings (SSSR count). The van der Waals surface area contributed by atoms with Gasteiger partial charge in [-0.3, -0.25) is 24.7 Å². The van der Waals surface area contributed by atoms with Gasteiger partial charge in [-0.1, -0.05) is 44.0 Å². The molecule has 0 unspecified atom stereocenters. The molecule has 1 heterocycles. The molecule has 1 aromatic heterocycles. The van der Waals surface area contributed by atoms with Gasteiger partial charge in [-0.25, -0.2) is 19.6 Å². The van der Waals surface area contributed by atoms with Crippen molar-refractivity contribution < 1.29 is 23.9 Å². The summed E-state index contributed by atoms with van der Waals surface area (Å²) in [6, 6.07) is 14.1. The number of aromatic amines is 1. The van der Waals surface area contributed by atoms with Gasteiger partial charge >= 0.3 is 12.1 Å². The van der Waals surface area contributed by atoms with Gasteiger partial charge in [-0.15, -0.1) is 0 Å². The monoisotopic (exact) mass is 712 g/mol. The first-order valence-electron chi connectivity index (χ1n) is 17.7. The molecule has 1 aliphatic carbocycles. The number of benzene rings is 2. The van der Waals surface area contributed by atoms with Gasteiger partial charge in [-0.2, -0.15) is 0 Å². The number of Topliss-reactive ketones (excluding diaryl/α,β-unsaturated/α-hetero) is 1. The summed E-state index contributed by atoms with van der Waals surface area (Å²) < 4.78 is 5.42. The van der Waals surface area contributed by atoms with E-state index < -0.39 is 12.1 Å². The van der Waals surface area contributed by atoms with Crippen LogP contribution in [-0.2, 0) is 9.53 Å². The Bertz CT molecular complexity index is 1870. The predicted octanol–water partition coefficient (Wildman–Crippen LogP) is 5.44. The van der Waals surface area contributed by atoms with Gasteiger partial charge < -0.3 is 25.6 Å². The highest BCUT2D eigenvalue weighted by Crippen LogP contribution is 2.28. The number of anilines is 2. The lowest BCUT2D eigenvalue weighted by molar-refractivity contribution is -0.120. The lowest BCUT2D eigenvalue weighted by Crippen LogP contribution is -2.31. The average Bonchev–Trinajstić information content (AvgIpc) is 3.10. The number of nitrogens with zero attached hydrogens (tertiary/aromatic N) is 3. The third kappa shape index (κ3) is 11.6. The van der Waals surface area contributed by atoms with Gasteiger partial charge in [0.05, 0.1) is 23.6 Å². The summed E-state index contributed by atoms with van der Waals surface area (Å²) in [5, 5.41) is 10.8. The molecule has 5 N–H and O–H groups in total. The van der Waals surface area contributed by atoms with Crippen LogP contribution in [0.25, 0.3) is 0 Å². The van der Waals surface area contributed by atoms with Gasteiger partial charge in [0.1, 0.15) is 6.61 Å². The number of hydrogen-bond donors (Lipinski definition) is 5. The summed E-state index contributed by atoms with van der Waals surface area (Å²) in [4.78, 5) is 74.6. The van der Waals surface area contributed by atoms with Crippen molar-refractivity contribution in [2.24, 2.45) is 4.99 Å². The highest BCUT2D eigenvalue weighted by molar-refractivity contribution is 6.27. The number of amides is 4. The van der Waals surface area contributed by atoms with Crippen LogP contribution in [0.2, 0.25) is 0 Å². The van der Waals surface area contributed by atoms with Gasteiger partial charge in [-0.05, 0) is 69.9 Å². The standard InChI is InChI=1S/C38H48N8O6/c1-5-13-33(47)43-32-24-31(28-14-9-10-15-29(28)35(32)49)42-30-17-16-27(22-25(30)3)46(6-2)20-21-52-38(51)40-19-12-8-7-11-18-39-37(50)45-36-41-26(4)23-34(48)44-36/h9-10,14-17,22-24H,5-8,11-13,18-21H2,1-4H3,(H,40,51)(H,43,47)(H3,39,41,44,45,48,50). The number of alkyl carbamates (subject to hydrolysis) is 1. The minimum absolute atomic E-state index is 0.102. The van der Waals surface area contributed by atoms with Crippen LogP contribution in [0.1, 0.15) is 79.6 Å². The molecular formula is C38H48N8O6. The summed E-state index contributed by atoms with van der Waals surface area (Å²) in [7, 11) is 0. The van der Waals surface area contributed by atoms with Crippen molar-refractivity contribution in [1.29, 1.82) is 0 Å². The van der Waals surface area contributed by atoms with E-state index in [0.717, 1.165) is 42.6 Å². The minimum atomic E-state index is -0.468. The number of fused-ring (bicyclic) bond motifs is 1. The maximum atomic E-state index is 13.1. The number of ether oxygens (including phenoxy) is 1. The number of rotatable bonds is 17. The van der Waals surface area contributed by atoms with Gasteiger partial charge in [0.25, 0.3) is 5.56 Å². The first-order valence-corrected chi connectivity index (χ1v) is 17.7. The van der Waals surface area contributed by atoms with E-state index in [9.17, 15) is 24.0 Å². The fourth-order valence-electron chi connectivity index (χ4n) is 5.60. The summed E-state index contributed by atoms with van der Waals surface area (Å²) >= 11 is 0. The van der Waals surface area contributed by atoms with Crippen LogP contribution in [0.4, 0.5) is 26.9 Å². The largest absolute Gasteiger partial charge is 0.448 e. The van der Waals surface area contributed by atoms with Crippen molar-refractivity contribution in [2.45, 2.75) is 66.2 Å². The van der Waals surface area contributed by atoms with Crippen LogP contribution in [0.15, 0.2) is 70.1 Å². The van der Waals surface area contributed by atoms with E-state index in [-0.39, 0.29) is 35.5 Å². The smallest absolute Gasteiger partial charge is 0.407 e. The molecule has 14 heteroatoms. The minimum Gasteiger partial charge on any atom is -0.448 e. The summed E-state index contributed by atoms with van der Waals surface area (Å²) in [5.74, 6) is -0.338. The number of carbonyl (C=O) groups is 4. The van der Waals surface area contributed by atoms with Crippen molar-refractivity contribution >= 4 is 46.8 Å². The van der Waals surface area contributed by atoms with E-state index in [4.69, 9.17) is 9.73 Å². The molecule has 0 bridgehead atoms. The number of carbonyl (C=O) groups excluding carboxylic acids is 4. The molecule has 0 radical (unpaired) electrons. The molecule has 276 valence electrons. The van der Waals surface area contributed by atoms with Crippen molar-refractivity contribution in [1.82, 2.24) is 25.9 Å². The van der Waals surface area contributed by atoms with Crippen LogP contribution in [0, 0.1) is 13.8 Å². The Morgan fingerprint density at radius 3 is 2.33 bits per heavy atom. The maximum absolute atomic E-state index is 13.1. The van der Waals surface area contributed by atoms with Gasteiger partial charge in [0.15, 0.2) is 0 Å². The Kier molecular flexibility index (Phi) is 14.7. The second-order valence-corrected chi connectivity index (χ2v) is 12.4. The molecule has 2 aromatic carbocycles. The molecule has 0 saturated heterocycles. The number of aliphatic imine (C=N–C) groups is 1. The molecule has 0 aliphatic heterocycles. The number of aryl methyl sites for hydroxylation is 2. The van der Waals surface area contributed by atoms with Crippen LogP contribution in [0.5, 0.6) is 0 Å². The molecule has 14 nitrogen and oxygen atoms in total. The summed E-state index contributed by atoms with van der Waals surface area (Å²) in [6.45, 7) is 9.96. The quantitative estimate of drug-likeness (QED) is 0.115. The van der Waals surface area contributed by atoms with Crippen LogP contribution in [-0.4, -0.2) is 72.3 Å². The second kappa shape index (κ2) is 19.6. The highest BCUT2D eigenvalue weighted by atomic mass is 16.5. The van der Waals surface area contributed by atoms with E-state index in [1.165, 1.54) is 6.07 Å². The predicted molar refractivity (Wildman–Crippen MR) is 202 cm³/mol. The van der Waals surface area contributed by atoms with E-state index in [0.29, 0.717) is 61.6 Å². The maximum Gasteiger partial charge on any atom is 0.407 e. The van der Waals surface area contributed by atoms with Crippen LogP contribution in [0.3, 0.4) is 0 Å². The molecule has 4 amide bonds. The number of aromatic nitrogens is 2. The topological polar surface area (TPSA) is 187 Å². The van der Waals surface area contributed by atoms with Gasteiger partial charge in [0.2, 0.25) is 17.6 Å². The Hall–Kier alpha value is -5.79. The van der Waals surface area contributed by atoms with Crippen molar-refractivity contribution in [3.8, 4) is 0 Å². The summed E-state index contributed by atoms with van der Waals surface area (Å²) in [6.07, 6.45) is 5.47. The number of allylic oxidation sites excluding steroid dienone is 2. The van der Waals surface area contributed by atoms with E-state index in [1.54, 1.807) is 25.1 Å². The molecule has 0 saturated carbocycles. The fourth-order valence-corrected chi connectivity index (χ4v) is 5.60. The third-order valence-electron chi connectivity index (χ3n) is 8.25. The molecule has 3 aromatic rings. The zero-order valence-corrected chi connectivity index (χ0v) is 30.3. The number of nitrogens with one attached hydrogen (secondary N) is 5. The number of likely N-dealkylation sites (N-methyl/N-ethyl adjacent to an activating group) is 1. The van der Waals surface area contributed by atoms with Crippen LogP contribution >= 0.6 is 0 Å². The SMILES string of the molecule is CCCC(=O)NC1=CC(=Nc2ccc(N(CC)CCOC(=O)NCCCCCCNC(=O)Nc3nc(C)cc(=O)[nH]3)cc2C)c2ccccc2C1=O. The zero-order valence-electron chi connectivity index (χ0n) is 30.3. The van der Waals surface area contributed by atoms with Crippen LogP contribution < -0.4 is 31.7 Å². The lowest BCUT2D eigenvalue weighted by atomic mass is 9.92. The van der Waals surface area contributed by atoms with E-state index >= 15 is 0 Å². The van der Waals surface area contributed by atoms with Crippen molar-refractivity contribution in [3.63, 3.8) is 0 Å². The summed E-state index contributed by atoms with van der Waals surface area (Å²) in [5.41, 5.74) is 4.83. The Balaban J connectivity index is 1.19. The molecule has 0 fully saturated rings. The van der Waals surface area contributed by atoms with Gasteiger partial charge in [0, 0.05) is 54.6 Å². The third-order valence-corrected chi connectivity index (χ3v) is 8.25. The average molecular weight is 713 g/mol. The second-order valence-electron chi connectivity index (χ2n) is 12.4. The normalized spacial score (nSPS) is 12.8. The molecular weight excluding hydrogens is 664 g/mol. The highest BCUT2D eigenvalue weighted by Gasteiger charge is 2.25. The molecule has 52 heavy (non-hydrogen) atoms. The first-order chi connectivity index (χ1) is 25.1. The zero-order chi connectivity index (χ0) is 37.5. The molecule has 0 atom stereocenters. The number of urea groups is 1. The lowest BCUT2D eigenvalue weighted by Gasteiger charge is -2.24.